The Morgan fingerprint density at radius 1 is 0.944 bits per heavy atom. The van der Waals surface area contributed by atoms with Gasteiger partial charge in [-0.15, -0.1) is 0 Å². The summed E-state index contributed by atoms with van der Waals surface area (Å²) < 4.78 is 31.6. The molecule has 0 aliphatic rings. The topological polar surface area (TPSA) is 83.2 Å². The Kier molecular flexibility index (Phi) is 15.2. The molecule has 6 heteroatoms. The molecule has 104 valence electrons. The van der Waals surface area contributed by atoms with Crippen LogP contribution in [0.3, 0.4) is 0 Å². The molecule has 1 atom stereocenters. The number of nitrogens with two attached hydrogens (primary N) is 1. The maximum Gasteiger partial charge on any atom is 1.00 e. The van der Waals surface area contributed by atoms with E-state index >= 15 is 0 Å². The largest absolute Gasteiger partial charge is 1.00 e. The zero-order valence-corrected chi connectivity index (χ0v) is 14.7. The van der Waals surface area contributed by atoms with E-state index in [9.17, 15) is 13.0 Å². The molecule has 0 aromatic carbocycles. The molecule has 0 bridgehead atoms. The van der Waals surface area contributed by atoms with Gasteiger partial charge in [0.25, 0.3) is 0 Å². The van der Waals surface area contributed by atoms with Crippen molar-refractivity contribution in [3.63, 3.8) is 0 Å². The van der Waals surface area contributed by atoms with Gasteiger partial charge in [-0.05, 0) is 6.42 Å². The zero-order chi connectivity index (χ0) is 13.1. The summed E-state index contributed by atoms with van der Waals surface area (Å²) in [4.78, 5) is 0. The molecule has 1 unspecified atom stereocenters. The van der Waals surface area contributed by atoms with Gasteiger partial charge in [-0.1, -0.05) is 64.7 Å². The van der Waals surface area contributed by atoms with Crippen molar-refractivity contribution in [1.29, 1.82) is 0 Å². The average molecular weight is 287 g/mol. The van der Waals surface area contributed by atoms with E-state index in [1.54, 1.807) is 0 Å². The summed E-state index contributed by atoms with van der Waals surface area (Å²) in [6, 6.07) is 0. The molecule has 0 radical (unpaired) electrons. The van der Waals surface area contributed by atoms with Gasteiger partial charge in [-0.2, -0.15) is 0 Å². The van der Waals surface area contributed by atoms with E-state index in [4.69, 9.17) is 5.73 Å². The molecule has 0 fully saturated rings. The minimum absolute atomic E-state index is 0. The monoisotopic (exact) mass is 287 g/mol. The second-order valence-electron chi connectivity index (χ2n) is 4.65. The van der Waals surface area contributed by atoms with Crippen LogP contribution in [-0.4, -0.2) is 18.3 Å². The van der Waals surface area contributed by atoms with E-state index in [0.717, 1.165) is 19.3 Å². The van der Waals surface area contributed by atoms with Gasteiger partial charge in [0.05, 0.1) is 5.37 Å². The molecule has 0 aromatic rings. The predicted molar refractivity (Wildman–Crippen MR) is 69.5 cm³/mol. The molecule has 18 heavy (non-hydrogen) atoms. The molecule has 0 saturated heterocycles. The minimum Gasteiger partial charge on any atom is -0.747 e. The molecule has 0 heterocycles. The van der Waals surface area contributed by atoms with Crippen LogP contribution in [0.15, 0.2) is 0 Å². The van der Waals surface area contributed by atoms with Crippen LogP contribution in [0.1, 0.15) is 71.1 Å². The number of hydrogen-bond acceptors (Lipinski definition) is 4. The Balaban J connectivity index is 0. The average Bonchev–Trinajstić information content (AvgIpc) is 2.25. The van der Waals surface area contributed by atoms with E-state index in [2.05, 4.69) is 6.92 Å². The van der Waals surface area contributed by atoms with Gasteiger partial charge in [0, 0.05) is 0 Å². The predicted octanol–water partition coefficient (Wildman–Crippen LogP) is -0.259. The first kappa shape index (κ1) is 21.2. The van der Waals surface area contributed by atoms with E-state index in [-0.39, 0.29) is 29.6 Å². The van der Waals surface area contributed by atoms with Crippen LogP contribution in [-0.2, 0) is 10.1 Å². The van der Waals surface area contributed by atoms with E-state index in [1.165, 1.54) is 38.5 Å². The molecule has 0 aromatic heterocycles. The van der Waals surface area contributed by atoms with Crippen molar-refractivity contribution in [2.75, 3.05) is 0 Å². The summed E-state index contributed by atoms with van der Waals surface area (Å²) in [6.07, 6.45) is 10.7. The molecule has 0 spiro atoms. The molecule has 0 aliphatic carbocycles. The van der Waals surface area contributed by atoms with E-state index in [1.807, 2.05) is 0 Å². The van der Waals surface area contributed by atoms with Gasteiger partial charge >= 0.3 is 29.6 Å². The van der Waals surface area contributed by atoms with Crippen LogP contribution >= 0.6 is 0 Å². The Morgan fingerprint density at radius 3 is 1.72 bits per heavy atom. The Hall–Kier alpha value is 0.870. The molecular weight excluding hydrogens is 261 g/mol. The van der Waals surface area contributed by atoms with Crippen molar-refractivity contribution >= 4 is 10.1 Å². The molecule has 0 amide bonds. The van der Waals surface area contributed by atoms with Crippen molar-refractivity contribution in [1.82, 2.24) is 0 Å². The molecule has 0 aliphatic heterocycles. The van der Waals surface area contributed by atoms with E-state index in [0.29, 0.717) is 6.42 Å². The third-order valence-corrected chi connectivity index (χ3v) is 3.94. The molecule has 0 rings (SSSR count). The van der Waals surface area contributed by atoms with Crippen molar-refractivity contribution in [2.45, 2.75) is 76.5 Å². The first-order chi connectivity index (χ1) is 7.98. The number of hydrogen-bond donors (Lipinski definition) is 1. The second-order valence-corrected chi connectivity index (χ2v) is 6.24. The van der Waals surface area contributed by atoms with Gasteiger partial charge in [0.2, 0.25) is 0 Å². The fourth-order valence-electron chi connectivity index (χ4n) is 1.80. The quantitative estimate of drug-likeness (QED) is 0.322. The number of rotatable bonds is 11. The van der Waals surface area contributed by atoms with Crippen molar-refractivity contribution in [3.8, 4) is 0 Å². The van der Waals surface area contributed by atoms with E-state index < -0.39 is 15.5 Å². The van der Waals surface area contributed by atoms with Crippen molar-refractivity contribution < 1.29 is 42.5 Å². The van der Waals surface area contributed by atoms with Crippen LogP contribution in [0.25, 0.3) is 0 Å². The van der Waals surface area contributed by atoms with Gasteiger partial charge < -0.3 is 10.3 Å². The first-order valence-electron chi connectivity index (χ1n) is 6.68. The third kappa shape index (κ3) is 13.3. The Morgan fingerprint density at radius 2 is 1.33 bits per heavy atom. The molecule has 0 saturated carbocycles. The van der Waals surface area contributed by atoms with Gasteiger partial charge in [0.15, 0.2) is 0 Å². The summed E-state index contributed by atoms with van der Waals surface area (Å²) in [5.74, 6) is 0. The molecular formula is C12H26NNaO3S. The van der Waals surface area contributed by atoms with Crippen molar-refractivity contribution in [2.24, 2.45) is 5.73 Å². The fraction of sp³-hybridized carbons (Fsp3) is 1.00. The normalized spacial score (nSPS) is 13.1. The smallest absolute Gasteiger partial charge is 0.747 e. The minimum atomic E-state index is -4.28. The summed E-state index contributed by atoms with van der Waals surface area (Å²) in [6.45, 7) is 2.20. The maximum absolute atomic E-state index is 10.5. The van der Waals surface area contributed by atoms with Crippen LogP contribution in [0, 0.1) is 0 Å². The third-order valence-electron chi connectivity index (χ3n) is 2.96. The maximum atomic E-state index is 10.5. The SMILES string of the molecule is CCCCCCCCCCCC(N)S(=O)(=O)[O-].[Na+]. The van der Waals surface area contributed by atoms with Gasteiger partial charge in [-0.25, -0.2) is 8.42 Å². The molecule has 4 nitrogen and oxygen atoms in total. The summed E-state index contributed by atoms with van der Waals surface area (Å²) in [5, 5.41) is -1.22. The summed E-state index contributed by atoms with van der Waals surface area (Å²) >= 11 is 0. The summed E-state index contributed by atoms with van der Waals surface area (Å²) in [5.41, 5.74) is 5.25. The summed E-state index contributed by atoms with van der Waals surface area (Å²) in [7, 11) is -4.28. The van der Waals surface area contributed by atoms with Crippen LogP contribution < -0.4 is 35.3 Å². The fourth-order valence-corrected chi connectivity index (χ4v) is 2.26. The Labute approximate surface area is 134 Å². The van der Waals surface area contributed by atoms with Crippen molar-refractivity contribution in [3.05, 3.63) is 0 Å². The second kappa shape index (κ2) is 12.9. The van der Waals surface area contributed by atoms with Gasteiger partial charge in [0.1, 0.15) is 10.1 Å². The molecule has 2 N–H and O–H groups in total. The standard InChI is InChI=1S/C12H27NO3S.Na/c1-2-3-4-5-6-7-8-9-10-11-12(13)17(14,15)16;/h12H,2-11,13H2,1H3,(H,14,15,16);/q;+1/p-1. The van der Waals surface area contributed by atoms with Gasteiger partial charge in [-0.3, -0.25) is 0 Å². The zero-order valence-electron chi connectivity index (χ0n) is 11.9. The first-order valence-corrected chi connectivity index (χ1v) is 8.16. The number of unbranched alkanes of at least 4 members (excludes halogenated alkanes) is 8. The van der Waals surface area contributed by atoms with Crippen LogP contribution in [0.5, 0.6) is 0 Å². The van der Waals surface area contributed by atoms with Crippen LogP contribution in [0.4, 0.5) is 0 Å². The van der Waals surface area contributed by atoms with Crippen LogP contribution in [0.2, 0.25) is 0 Å². The Bertz CT molecular complexity index is 270.